The number of thiocarbonyl (C=S) groups is 1. The van der Waals surface area contributed by atoms with E-state index in [9.17, 15) is 18.7 Å². The molecule has 3 unspecified atom stereocenters. The highest BCUT2D eigenvalue weighted by Crippen LogP contribution is 2.47. The van der Waals surface area contributed by atoms with Gasteiger partial charge in [0.15, 0.2) is 22.3 Å². The van der Waals surface area contributed by atoms with Crippen molar-refractivity contribution in [2.75, 3.05) is 25.2 Å². The van der Waals surface area contributed by atoms with Gasteiger partial charge in [0.25, 0.3) is 0 Å². The molecule has 1 saturated heterocycles. The van der Waals surface area contributed by atoms with Gasteiger partial charge >= 0.3 is 5.97 Å². The second-order valence-corrected chi connectivity index (χ2v) is 8.55. The molecule has 0 bridgehead atoms. The van der Waals surface area contributed by atoms with Crippen molar-refractivity contribution in [2.24, 2.45) is 11.8 Å². The molecule has 2 heterocycles. The van der Waals surface area contributed by atoms with Crippen LogP contribution >= 0.6 is 12.2 Å². The maximum absolute atomic E-state index is 14.8. The predicted molar refractivity (Wildman–Crippen MR) is 120 cm³/mol. The zero-order valence-electron chi connectivity index (χ0n) is 18.3. The first-order valence-corrected chi connectivity index (χ1v) is 10.9. The first-order valence-electron chi connectivity index (χ1n) is 10.4. The summed E-state index contributed by atoms with van der Waals surface area (Å²) in [7, 11) is 1.15. The lowest BCUT2D eigenvalue weighted by atomic mass is 9.75. The van der Waals surface area contributed by atoms with Gasteiger partial charge < -0.3 is 24.6 Å². The minimum Gasteiger partial charge on any atom is -0.486 e. The van der Waals surface area contributed by atoms with Crippen molar-refractivity contribution < 1.29 is 32.9 Å². The number of nitrogens with zero attached hydrogens (tertiary/aromatic N) is 1. The number of carbonyl (C=O) groups excluding carboxylic acids is 1. The molecule has 176 valence electrons. The Morgan fingerprint density at radius 3 is 2.45 bits per heavy atom. The summed E-state index contributed by atoms with van der Waals surface area (Å²) in [5.74, 6) is -3.67. The van der Waals surface area contributed by atoms with Gasteiger partial charge in [0.2, 0.25) is 0 Å². The third kappa shape index (κ3) is 3.76. The molecule has 0 aromatic heterocycles. The average Bonchev–Trinajstić information content (AvgIpc) is 2.78. The van der Waals surface area contributed by atoms with Crippen LogP contribution in [0.15, 0.2) is 36.4 Å². The molecule has 33 heavy (non-hydrogen) atoms. The standard InChI is InChI=1S/C23H24F2N2O5S/c1-12(2)23(29)19(21(28)30-3)20(18-14(24)5-4-6-15(18)25)26-22(33)27(23)13-7-8-16-17(11-13)32-10-9-31-16/h4-8,11-12,19-20,29H,9-10H2,1-3H3,(H,26,33). The summed E-state index contributed by atoms with van der Waals surface area (Å²) in [6.45, 7) is 4.13. The van der Waals surface area contributed by atoms with Crippen LogP contribution in [0.4, 0.5) is 14.5 Å². The molecular weight excluding hydrogens is 454 g/mol. The number of ether oxygens (including phenoxy) is 3. The number of fused-ring (bicyclic) bond motifs is 1. The minimum atomic E-state index is -2.00. The molecule has 1 fully saturated rings. The van der Waals surface area contributed by atoms with Crippen LogP contribution in [0.2, 0.25) is 0 Å². The fraction of sp³-hybridized carbons (Fsp3) is 0.391. The van der Waals surface area contributed by atoms with Gasteiger partial charge in [0.05, 0.1) is 18.8 Å². The molecule has 0 amide bonds. The Morgan fingerprint density at radius 1 is 1.21 bits per heavy atom. The van der Waals surface area contributed by atoms with Crippen LogP contribution in [0.3, 0.4) is 0 Å². The number of aliphatic hydroxyl groups is 1. The van der Waals surface area contributed by atoms with E-state index >= 15 is 0 Å². The van der Waals surface area contributed by atoms with E-state index < -0.39 is 46.8 Å². The lowest BCUT2D eigenvalue weighted by Crippen LogP contribution is -2.71. The molecule has 2 aliphatic heterocycles. The number of anilines is 1. The van der Waals surface area contributed by atoms with Gasteiger partial charge in [-0.2, -0.15) is 0 Å². The highest BCUT2D eigenvalue weighted by atomic mass is 32.1. The summed E-state index contributed by atoms with van der Waals surface area (Å²) >= 11 is 5.56. The number of hydrogen-bond acceptors (Lipinski definition) is 6. The molecule has 0 radical (unpaired) electrons. The highest BCUT2D eigenvalue weighted by molar-refractivity contribution is 7.80. The normalized spacial score (nSPS) is 24.5. The lowest BCUT2D eigenvalue weighted by molar-refractivity contribution is -0.163. The Kier molecular flexibility index (Phi) is 6.15. The van der Waals surface area contributed by atoms with Crippen LogP contribution in [0, 0.1) is 23.5 Å². The summed E-state index contributed by atoms with van der Waals surface area (Å²) in [6, 6.07) is 7.04. The van der Waals surface area contributed by atoms with Gasteiger partial charge in [0, 0.05) is 17.5 Å². The van der Waals surface area contributed by atoms with Crippen molar-refractivity contribution in [3.05, 3.63) is 53.6 Å². The Balaban J connectivity index is 1.89. The molecule has 0 aliphatic carbocycles. The number of nitrogens with one attached hydrogen (secondary N) is 1. The number of esters is 1. The number of carbonyl (C=O) groups is 1. The Hall–Kier alpha value is -2.98. The molecular formula is C23H24F2N2O5S. The third-order valence-electron chi connectivity index (χ3n) is 6.03. The van der Waals surface area contributed by atoms with Crippen molar-refractivity contribution in [2.45, 2.75) is 25.6 Å². The SMILES string of the molecule is COC(=O)C1C(c2c(F)cccc2F)NC(=S)N(c2ccc3c(c2)OCCO3)C1(O)C(C)C. The summed E-state index contributed by atoms with van der Waals surface area (Å²) in [5, 5.41) is 14.9. The third-order valence-corrected chi connectivity index (χ3v) is 6.33. The topological polar surface area (TPSA) is 80.3 Å². The molecule has 0 spiro atoms. The number of halogens is 2. The van der Waals surface area contributed by atoms with Crippen LogP contribution in [-0.2, 0) is 9.53 Å². The van der Waals surface area contributed by atoms with E-state index in [4.69, 9.17) is 26.4 Å². The van der Waals surface area contributed by atoms with Crippen LogP contribution in [0.25, 0.3) is 0 Å². The van der Waals surface area contributed by atoms with Gasteiger partial charge in [-0.3, -0.25) is 9.69 Å². The Morgan fingerprint density at radius 2 is 1.85 bits per heavy atom. The highest BCUT2D eigenvalue weighted by Gasteiger charge is 2.59. The maximum atomic E-state index is 14.8. The summed E-state index contributed by atoms with van der Waals surface area (Å²) in [4.78, 5) is 14.4. The Labute approximate surface area is 195 Å². The number of rotatable bonds is 4. The van der Waals surface area contributed by atoms with E-state index in [1.165, 1.54) is 11.0 Å². The summed E-state index contributed by atoms with van der Waals surface area (Å²) in [5.41, 5.74) is -2.00. The van der Waals surface area contributed by atoms with Crippen molar-refractivity contribution in [1.82, 2.24) is 5.32 Å². The van der Waals surface area contributed by atoms with Gasteiger partial charge in [0.1, 0.15) is 30.8 Å². The van der Waals surface area contributed by atoms with Crippen molar-refractivity contribution in [3.8, 4) is 11.5 Å². The van der Waals surface area contributed by atoms with Crippen molar-refractivity contribution >= 4 is 29.0 Å². The molecule has 2 N–H and O–H groups in total. The fourth-order valence-electron chi connectivity index (χ4n) is 4.42. The first kappa shape index (κ1) is 23.2. The van der Waals surface area contributed by atoms with Gasteiger partial charge in [-0.05, 0) is 36.5 Å². The van der Waals surface area contributed by atoms with Crippen LogP contribution in [0.1, 0.15) is 25.5 Å². The van der Waals surface area contributed by atoms with E-state index in [1.54, 1.807) is 32.0 Å². The van der Waals surface area contributed by atoms with Gasteiger partial charge in [-0.1, -0.05) is 19.9 Å². The van der Waals surface area contributed by atoms with Crippen LogP contribution in [-0.4, -0.2) is 42.2 Å². The van der Waals surface area contributed by atoms with E-state index in [-0.39, 0.29) is 5.11 Å². The summed E-state index contributed by atoms with van der Waals surface area (Å²) in [6.07, 6.45) is 0. The molecule has 2 aromatic carbocycles. The first-order chi connectivity index (χ1) is 15.7. The Bertz CT molecular complexity index is 1080. The van der Waals surface area contributed by atoms with E-state index in [0.29, 0.717) is 30.4 Å². The second kappa shape index (κ2) is 8.75. The van der Waals surface area contributed by atoms with E-state index in [0.717, 1.165) is 19.2 Å². The van der Waals surface area contributed by atoms with Gasteiger partial charge in [-0.25, -0.2) is 8.78 Å². The predicted octanol–water partition coefficient (Wildman–Crippen LogP) is 3.31. The molecule has 4 rings (SSSR count). The molecule has 3 atom stereocenters. The lowest BCUT2D eigenvalue weighted by Gasteiger charge is -2.53. The molecule has 7 nitrogen and oxygen atoms in total. The monoisotopic (exact) mass is 478 g/mol. The van der Waals surface area contributed by atoms with E-state index in [1.807, 2.05) is 0 Å². The van der Waals surface area contributed by atoms with Crippen LogP contribution in [0.5, 0.6) is 11.5 Å². The largest absolute Gasteiger partial charge is 0.486 e. The zero-order chi connectivity index (χ0) is 23.9. The van der Waals surface area contributed by atoms with Crippen molar-refractivity contribution in [1.29, 1.82) is 0 Å². The number of hydrogen-bond donors (Lipinski definition) is 2. The smallest absolute Gasteiger partial charge is 0.316 e. The maximum Gasteiger partial charge on any atom is 0.316 e. The molecule has 2 aliphatic rings. The number of benzene rings is 2. The quantitative estimate of drug-likeness (QED) is 0.512. The average molecular weight is 479 g/mol. The minimum absolute atomic E-state index is 0.0179. The molecule has 2 aromatic rings. The van der Waals surface area contributed by atoms with Gasteiger partial charge in [-0.15, -0.1) is 0 Å². The van der Waals surface area contributed by atoms with E-state index in [2.05, 4.69) is 5.32 Å². The number of methoxy groups -OCH3 is 1. The summed E-state index contributed by atoms with van der Waals surface area (Å²) < 4.78 is 45.7. The molecule has 0 saturated carbocycles. The van der Waals surface area contributed by atoms with Crippen molar-refractivity contribution in [3.63, 3.8) is 0 Å². The van der Waals surface area contributed by atoms with Crippen LogP contribution < -0.4 is 19.7 Å². The fourth-order valence-corrected chi connectivity index (χ4v) is 4.80. The second-order valence-electron chi connectivity index (χ2n) is 8.16. The zero-order valence-corrected chi connectivity index (χ0v) is 19.1. The molecule has 10 heteroatoms.